The van der Waals surface area contributed by atoms with Crippen LogP contribution < -0.4 is 20.7 Å². The van der Waals surface area contributed by atoms with E-state index in [0.717, 1.165) is 31.2 Å². The normalized spacial score (nSPS) is 12.8. The number of carbonyl (C=O) groups is 3. The molecule has 0 aliphatic heterocycles. The molecule has 2 amide bonds. The first-order valence-electron chi connectivity index (χ1n) is 9.69. The number of fused-ring (bicyclic) bond motifs is 1. The lowest BCUT2D eigenvalue weighted by Gasteiger charge is -2.14. The number of para-hydroxylation sites is 1. The molecule has 7 nitrogen and oxygen atoms in total. The number of nitrogens with one attached hydrogen (secondary N) is 2. The lowest BCUT2D eigenvalue weighted by molar-refractivity contribution is -0.632. The fourth-order valence-electron chi connectivity index (χ4n) is 3.48. The largest absolute Gasteiger partial charge is 0.496 e. The number of benzene rings is 1. The Morgan fingerprint density at radius 2 is 1.83 bits per heavy atom. The van der Waals surface area contributed by atoms with E-state index in [1.54, 1.807) is 37.7 Å². The molecule has 29 heavy (non-hydrogen) atoms. The van der Waals surface area contributed by atoms with Gasteiger partial charge in [-0.1, -0.05) is 12.1 Å². The van der Waals surface area contributed by atoms with E-state index in [4.69, 9.17) is 4.74 Å². The maximum Gasteiger partial charge on any atom is 0.280 e. The Kier molecular flexibility index (Phi) is 7.00. The van der Waals surface area contributed by atoms with Crippen molar-refractivity contribution in [3.05, 3.63) is 45.8 Å². The van der Waals surface area contributed by atoms with Crippen LogP contribution >= 0.6 is 11.3 Å². The molecule has 1 aliphatic carbocycles. The Morgan fingerprint density at radius 1 is 1.10 bits per heavy atom. The van der Waals surface area contributed by atoms with Gasteiger partial charge in [-0.05, 0) is 43.4 Å². The zero-order valence-corrected chi connectivity index (χ0v) is 17.5. The number of thiophene rings is 1. The molecule has 3 rings (SSSR count). The van der Waals surface area contributed by atoms with E-state index < -0.39 is 0 Å². The van der Waals surface area contributed by atoms with Crippen molar-refractivity contribution < 1.29 is 24.4 Å². The minimum atomic E-state index is -0.235. The lowest BCUT2D eigenvalue weighted by Crippen LogP contribution is -2.88. The van der Waals surface area contributed by atoms with Crippen LogP contribution in [0.1, 0.15) is 39.2 Å². The van der Waals surface area contributed by atoms with Crippen LogP contribution in [0, 0.1) is 0 Å². The van der Waals surface area contributed by atoms with Crippen molar-refractivity contribution in [3.63, 3.8) is 0 Å². The summed E-state index contributed by atoms with van der Waals surface area (Å²) in [5.41, 5.74) is 2.11. The average Bonchev–Trinajstić information content (AvgIpc) is 3.10. The number of aryl methyl sites for hydroxylation is 1. The second-order valence-corrected chi connectivity index (χ2v) is 7.97. The summed E-state index contributed by atoms with van der Waals surface area (Å²) < 4.78 is 5.37. The summed E-state index contributed by atoms with van der Waals surface area (Å²) in [6, 6.07) is 7.14. The number of quaternary nitrogens is 1. The molecule has 0 radical (unpaired) electrons. The van der Waals surface area contributed by atoms with Gasteiger partial charge in [0.2, 0.25) is 0 Å². The van der Waals surface area contributed by atoms with E-state index in [1.807, 2.05) is 6.07 Å². The number of carbonyl (C=O) groups excluding carboxylic acids is 3. The van der Waals surface area contributed by atoms with Gasteiger partial charge >= 0.3 is 0 Å². The molecule has 2 aromatic rings. The first kappa shape index (κ1) is 21.0. The summed E-state index contributed by atoms with van der Waals surface area (Å²) >= 11 is 1.48. The Bertz CT molecular complexity index is 923. The van der Waals surface area contributed by atoms with E-state index in [1.165, 1.54) is 16.2 Å². The molecule has 0 saturated heterocycles. The summed E-state index contributed by atoms with van der Waals surface area (Å²) in [7, 11) is 3.10. The van der Waals surface area contributed by atoms with Crippen LogP contribution in [0.4, 0.5) is 5.00 Å². The van der Waals surface area contributed by atoms with Gasteiger partial charge in [0.1, 0.15) is 10.8 Å². The fourth-order valence-corrected chi connectivity index (χ4v) is 4.78. The van der Waals surface area contributed by atoms with Crippen molar-refractivity contribution >= 4 is 33.9 Å². The number of ketones is 1. The first-order valence-corrected chi connectivity index (χ1v) is 10.5. The van der Waals surface area contributed by atoms with Gasteiger partial charge in [0.25, 0.3) is 11.8 Å². The third kappa shape index (κ3) is 4.83. The highest BCUT2D eigenvalue weighted by Crippen LogP contribution is 2.40. The second-order valence-electron chi connectivity index (χ2n) is 6.86. The molecule has 0 atom stereocenters. The Balaban J connectivity index is 1.86. The minimum Gasteiger partial charge on any atom is -0.496 e. The highest BCUT2D eigenvalue weighted by Gasteiger charge is 2.28. The summed E-state index contributed by atoms with van der Waals surface area (Å²) in [5.74, 6) is 0.00828. The number of ether oxygens (including phenoxy) is 1. The van der Waals surface area contributed by atoms with Gasteiger partial charge in [-0.15, -0.1) is 11.3 Å². The van der Waals surface area contributed by atoms with Crippen LogP contribution in [0.25, 0.3) is 0 Å². The fraction of sp³-hybridized carbons (Fsp3) is 0.381. The molecule has 0 saturated carbocycles. The highest BCUT2D eigenvalue weighted by atomic mass is 32.1. The summed E-state index contributed by atoms with van der Waals surface area (Å²) in [6.07, 6.45) is 3.87. The summed E-state index contributed by atoms with van der Waals surface area (Å²) in [4.78, 5) is 38.3. The van der Waals surface area contributed by atoms with Gasteiger partial charge in [0, 0.05) is 11.9 Å². The molecule has 0 unspecified atom stereocenters. The number of methoxy groups -OCH3 is 1. The molecule has 0 bridgehead atoms. The van der Waals surface area contributed by atoms with Crippen molar-refractivity contribution in [2.45, 2.75) is 25.7 Å². The molecule has 4 N–H and O–H groups in total. The van der Waals surface area contributed by atoms with E-state index in [9.17, 15) is 14.4 Å². The van der Waals surface area contributed by atoms with Gasteiger partial charge in [0.15, 0.2) is 18.9 Å². The van der Waals surface area contributed by atoms with Crippen LogP contribution in [0.15, 0.2) is 24.3 Å². The predicted molar refractivity (Wildman–Crippen MR) is 112 cm³/mol. The van der Waals surface area contributed by atoms with Gasteiger partial charge in [-0.2, -0.15) is 0 Å². The molecule has 1 heterocycles. The van der Waals surface area contributed by atoms with Crippen molar-refractivity contribution in [3.8, 4) is 5.75 Å². The average molecular weight is 417 g/mol. The Morgan fingerprint density at radius 3 is 2.59 bits per heavy atom. The van der Waals surface area contributed by atoms with Gasteiger partial charge < -0.3 is 20.7 Å². The van der Waals surface area contributed by atoms with Crippen LogP contribution in [0.5, 0.6) is 5.75 Å². The van der Waals surface area contributed by atoms with E-state index >= 15 is 0 Å². The van der Waals surface area contributed by atoms with Crippen LogP contribution in [-0.2, 0) is 22.4 Å². The van der Waals surface area contributed by atoms with E-state index in [-0.39, 0.29) is 30.7 Å². The Hall–Kier alpha value is -2.71. The zero-order chi connectivity index (χ0) is 20.8. The maximum absolute atomic E-state index is 13.4. The highest BCUT2D eigenvalue weighted by molar-refractivity contribution is 7.17. The van der Waals surface area contributed by atoms with E-state index in [0.29, 0.717) is 21.9 Å². The van der Waals surface area contributed by atoms with Gasteiger partial charge in [-0.25, -0.2) is 0 Å². The molecule has 154 valence electrons. The van der Waals surface area contributed by atoms with Crippen molar-refractivity contribution in [2.24, 2.45) is 0 Å². The first-order chi connectivity index (χ1) is 14.0. The quantitative estimate of drug-likeness (QED) is 0.561. The predicted octanol–water partition coefficient (Wildman–Crippen LogP) is 1.11. The number of nitrogens with two attached hydrogens (primary N) is 1. The SMILES string of the molecule is CNC(=O)C[NH2+]CC(=O)Nc1sc2c(c1C(=O)c1ccccc1OC)CCCC2. The monoisotopic (exact) mass is 416 g/mol. The Labute approximate surface area is 173 Å². The third-order valence-electron chi connectivity index (χ3n) is 4.94. The van der Waals surface area contributed by atoms with Crippen LogP contribution in [0.3, 0.4) is 0 Å². The minimum absolute atomic E-state index is 0.109. The topological polar surface area (TPSA) is 101 Å². The van der Waals surface area contributed by atoms with E-state index in [2.05, 4.69) is 10.6 Å². The van der Waals surface area contributed by atoms with Crippen LogP contribution in [-0.4, -0.2) is 44.8 Å². The number of anilines is 1. The number of likely N-dealkylation sites (N-methyl/N-ethyl adjacent to an activating group) is 1. The third-order valence-corrected chi connectivity index (χ3v) is 6.15. The summed E-state index contributed by atoms with van der Waals surface area (Å²) in [6.45, 7) is 0.288. The van der Waals surface area contributed by atoms with Gasteiger partial charge in [-0.3, -0.25) is 14.4 Å². The molecule has 1 aromatic carbocycles. The van der Waals surface area contributed by atoms with Crippen molar-refractivity contribution in [2.75, 3.05) is 32.6 Å². The zero-order valence-electron chi connectivity index (χ0n) is 16.7. The number of rotatable bonds is 8. The molecule has 1 aliphatic rings. The van der Waals surface area contributed by atoms with Crippen LogP contribution in [0.2, 0.25) is 0 Å². The van der Waals surface area contributed by atoms with Crippen molar-refractivity contribution in [1.82, 2.24) is 5.32 Å². The lowest BCUT2D eigenvalue weighted by atomic mass is 9.91. The maximum atomic E-state index is 13.4. The standard InChI is InChI=1S/C21H25N3O4S/c1-22-17(25)11-23-12-18(26)24-21-19(14-8-4-6-10-16(14)29-21)20(27)13-7-3-5-9-15(13)28-2/h3,5,7,9,23H,4,6,8,10-12H2,1-2H3,(H,22,25)(H,24,26)/p+1. The number of amides is 2. The summed E-state index contributed by atoms with van der Waals surface area (Å²) in [5, 5.41) is 7.64. The molecular weight excluding hydrogens is 390 g/mol. The molecular formula is C21H26N3O4S+. The van der Waals surface area contributed by atoms with Crippen molar-refractivity contribution in [1.29, 1.82) is 0 Å². The molecule has 0 spiro atoms. The molecule has 0 fully saturated rings. The number of hydrogen-bond donors (Lipinski definition) is 3. The second kappa shape index (κ2) is 9.67. The number of hydrogen-bond acceptors (Lipinski definition) is 5. The smallest absolute Gasteiger partial charge is 0.280 e. The molecule has 1 aromatic heterocycles. The molecule has 8 heteroatoms. The van der Waals surface area contributed by atoms with Gasteiger partial charge in [0.05, 0.1) is 18.2 Å².